The molecule has 0 radical (unpaired) electrons. The minimum atomic E-state index is -0.514. The quantitative estimate of drug-likeness (QED) is 0.613. The standard InChI is InChI=1S/C12H14ClN3O3/c1-2-15-9(8-14)5-6-19-12-7-10(16(17)18)3-4-11(12)13/h3-4,7,9,15H,2,5-6H2,1H3. The fourth-order valence-corrected chi connectivity index (χ4v) is 1.63. The van der Waals surface area contributed by atoms with Gasteiger partial charge in [-0.2, -0.15) is 5.26 Å². The second-order valence-electron chi connectivity index (χ2n) is 3.75. The summed E-state index contributed by atoms with van der Waals surface area (Å²) in [6.07, 6.45) is 0.476. The Kier molecular flexibility index (Phi) is 6.06. The van der Waals surface area contributed by atoms with Crippen LogP contribution in [0.25, 0.3) is 0 Å². The first kappa shape index (κ1) is 15.2. The number of hydrogen-bond acceptors (Lipinski definition) is 5. The van der Waals surface area contributed by atoms with Gasteiger partial charge in [-0.05, 0) is 12.6 Å². The number of hydrogen-bond donors (Lipinski definition) is 1. The van der Waals surface area contributed by atoms with E-state index in [9.17, 15) is 10.1 Å². The highest BCUT2D eigenvalue weighted by Gasteiger charge is 2.11. The molecular formula is C12H14ClN3O3. The van der Waals surface area contributed by atoms with Crippen LogP contribution < -0.4 is 10.1 Å². The molecule has 1 unspecified atom stereocenters. The number of benzene rings is 1. The molecule has 1 atom stereocenters. The van der Waals surface area contributed by atoms with Gasteiger partial charge in [0.25, 0.3) is 5.69 Å². The summed E-state index contributed by atoms with van der Waals surface area (Å²) in [5, 5.41) is 22.8. The van der Waals surface area contributed by atoms with E-state index in [1.54, 1.807) is 0 Å². The number of nitro benzene ring substituents is 1. The lowest BCUT2D eigenvalue weighted by atomic mass is 10.2. The molecule has 0 saturated heterocycles. The number of nitrogens with one attached hydrogen (secondary N) is 1. The first-order chi connectivity index (χ1) is 9.08. The summed E-state index contributed by atoms with van der Waals surface area (Å²) in [4.78, 5) is 10.1. The van der Waals surface area contributed by atoms with Crippen molar-refractivity contribution in [1.29, 1.82) is 5.26 Å². The summed E-state index contributed by atoms with van der Waals surface area (Å²) in [6, 6.07) is 5.80. The van der Waals surface area contributed by atoms with Crippen molar-refractivity contribution in [1.82, 2.24) is 5.32 Å². The lowest BCUT2D eigenvalue weighted by molar-refractivity contribution is -0.384. The highest BCUT2D eigenvalue weighted by molar-refractivity contribution is 6.32. The molecule has 0 aliphatic heterocycles. The molecular weight excluding hydrogens is 270 g/mol. The number of rotatable bonds is 7. The average Bonchev–Trinajstić information content (AvgIpc) is 2.39. The van der Waals surface area contributed by atoms with E-state index in [0.717, 1.165) is 0 Å². The minimum Gasteiger partial charge on any atom is -0.492 e. The van der Waals surface area contributed by atoms with E-state index in [1.807, 2.05) is 6.92 Å². The zero-order valence-electron chi connectivity index (χ0n) is 10.4. The van der Waals surface area contributed by atoms with E-state index >= 15 is 0 Å². The molecule has 6 nitrogen and oxygen atoms in total. The molecule has 1 aromatic carbocycles. The zero-order chi connectivity index (χ0) is 14.3. The molecule has 7 heteroatoms. The monoisotopic (exact) mass is 283 g/mol. The van der Waals surface area contributed by atoms with Crippen LogP contribution in [0.2, 0.25) is 5.02 Å². The zero-order valence-corrected chi connectivity index (χ0v) is 11.2. The normalized spacial score (nSPS) is 11.6. The molecule has 1 aromatic rings. The number of nitrogens with zero attached hydrogens (tertiary/aromatic N) is 2. The lowest BCUT2D eigenvalue weighted by Gasteiger charge is -2.11. The molecule has 0 fully saturated rings. The third kappa shape index (κ3) is 4.73. The maximum Gasteiger partial charge on any atom is 0.273 e. The summed E-state index contributed by atoms with van der Waals surface area (Å²) >= 11 is 5.88. The van der Waals surface area contributed by atoms with Gasteiger partial charge in [0, 0.05) is 12.5 Å². The predicted octanol–water partition coefficient (Wildman–Crippen LogP) is 2.52. The topological polar surface area (TPSA) is 88.2 Å². The predicted molar refractivity (Wildman–Crippen MR) is 71.3 cm³/mol. The van der Waals surface area contributed by atoms with E-state index in [-0.39, 0.29) is 24.1 Å². The summed E-state index contributed by atoms with van der Waals surface area (Å²) in [5.74, 6) is 0.254. The molecule has 0 amide bonds. The maximum absolute atomic E-state index is 10.6. The van der Waals surface area contributed by atoms with Crippen LogP contribution in [-0.4, -0.2) is 24.1 Å². The van der Waals surface area contributed by atoms with Crippen molar-refractivity contribution in [2.45, 2.75) is 19.4 Å². The van der Waals surface area contributed by atoms with Gasteiger partial charge in [0.15, 0.2) is 0 Å². The Morgan fingerprint density at radius 2 is 2.37 bits per heavy atom. The summed E-state index contributed by atoms with van der Waals surface area (Å²) in [6.45, 7) is 2.85. The smallest absolute Gasteiger partial charge is 0.273 e. The summed E-state index contributed by atoms with van der Waals surface area (Å²) < 4.78 is 5.38. The van der Waals surface area contributed by atoms with E-state index in [1.165, 1.54) is 18.2 Å². The van der Waals surface area contributed by atoms with Crippen molar-refractivity contribution in [2.75, 3.05) is 13.2 Å². The molecule has 1 rings (SSSR count). The van der Waals surface area contributed by atoms with Gasteiger partial charge in [-0.25, -0.2) is 0 Å². The van der Waals surface area contributed by atoms with Gasteiger partial charge in [0.2, 0.25) is 0 Å². The van der Waals surface area contributed by atoms with Gasteiger partial charge in [-0.15, -0.1) is 0 Å². The van der Waals surface area contributed by atoms with Crippen LogP contribution in [0.15, 0.2) is 18.2 Å². The van der Waals surface area contributed by atoms with E-state index in [4.69, 9.17) is 21.6 Å². The van der Waals surface area contributed by atoms with Gasteiger partial charge in [0.1, 0.15) is 5.75 Å². The minimum absolute atomic E-state index is 0.0806. The Hall–Kier alpha value is -1.84. The molecule has 0 heterocycles. The van der Waals surface area contributed by atoms with Crippen LogP contribution in [0.4, 0.5) is 5.69 Å². The van der Waals surface area contributed by atoms with Gasteiger partial charge in [-0.1, -0.05) is 18.5 Å². The molecule has 0 spiro atoms. The van der Waals surface area contributed by atoms with Crippen molar-refractivity contribution in [3.05, 3.63) is 33.3 Å². The molecule has 0 aliphatic carbocycles. The second-order valence-corrected chi connectivity index (χ2v) is 4.16. The Balaban J connectivity index is 2.60. The molecule has 0 bridgehead atoms. The number of halogens is 1. The third-order valence-electron chi connectivity index (χ3n) is 2.40. The Morgan fingerprint density at radius 1 is 1.63 bits per heavy atom. The molecule has 0 aliphatic rings. The number of nitriles is 1. The molecule has 1 N–H and O–H groups in total. The van der Waals surface area contributed by atoms with E-state index < -0.39 is 4.92 Å². The number of ether oxygens (including phenoxy) is 1. The number of nitro groups is 1. The van der Waals surface area contributed by atoms with Crippen LogP contribution in [-0.2, 0) is 0 Å². The van der Waals surface area contributed by atoms with Crippen molar-refractivity contribution in [2.24, 2.45) is 0 Å². The molecule has 0 aromatic heterocycles. The fourth-order valence-electron chi connectivity index (χ4n) is 1.46. The van der Waals surface area contributed by atoms with Crippen LogP contribution >= 0.6 is 11.6 Å². The van der Waals surface area contributed by atoms with Gasteiger partial charge < -0.3 is 10.1 Å². The van der Waals surface area contributed by atoms with Crippen LogP contribution in [0.5, 0.6) is 5.75 Å². The summed E-state index contributed by atoms with van der Waals surface area (Å²) in [7, 11) is 0. The van der Waals surface area contributed by atoms with E-state index in [2.05, 4.69) is 11.4 Å². The lowest BCUT2D eigenvalue weighted by Crippen LogP contribution is -2.28. The van der Waals surface area contributed by atoms with Gasteiger partial charge >= 0.3 is 0 Å². The van der Waals surface area contributed by atoms with E-state index in [0.29, 0.717) is 18.0 Å². The van der Waals surface area contributed by atoms with Gasteiger partial charge in [-0.3, -0.25) is 10.1 Å². The average molecular weight is 284 g/mol. The molecule has 19 heavy (non-hydrogen) atoms. The van der Waals surface area contributed by atoms with Crippen molar-refractivity contribution < 1.29 is 9.66 Å². The second kappa shape index (κ2) is 7.56. The largest absolute Gasteiger partial charge is 0.492 e. The van der Waals surface area contributed by atoms with Crippen molar-refractivity contribution >= 4 is 17.3 Å². The number of non-ortho nitro benzene ring substituents is 1. The first-order valence-corrected chi connectivity index (χ1v) is 6.16. The van der Waals surface area contributed by atoms with Crippen molar-refractivity contribution in [3.8, 4) is 11.8 Å². The molecule has 102 valence electrons. The Labute approximate surface area is 116 Å². The SMILES string of the molecule is CCNC(C#N)CCOc1cc([N+](=O)[O-])ccc1Cl. The van der Waals surface area contributed by atoms with Gasteiger partial charge in [0.05, 0.1) is 34.7 Å². The van der Waals surface area contributed by atoms with Crippen molar-refractivity contribution in [3.63, 3.8) is 0 Å². The highest BCUT2D eigenvalue weighted by atomic mass is 35.5. The summed E-state index contributed by atoms with van der Waals surface area (Å²) in [5.41, 5.74) is -0.0806. The van der Waals surface area contributed by atoms with Crippen LogP contribution in [0, 0.1) is 21.4 Å². The maximum atomic E-state index is 10.6. The third-order valence-corrected chi connectivity index (χ3v) is 2.71. The Morgan fingerprint density at radius 3 is 2.95 bits per heavy atom. The Bertz CT molecular complexity index is 488. The fraction of sp³-hybridized carbons (Fsp3) is 0.417. The molecule has 0 saturated carbocycles. The highest BCUT2D eigenvalue weighted by Crippen LogP contribution is 2.28. The van der Waals surface area contributed by atoms with Crippen LogP contribution in [0.1, 0.15) is 13.3 Å². The van der Waals surface area contributed by atoms with Crippen LogP contribution in [0.3, 0.4) is 0 Å². The first-order valence-electron chi connectivity index (χ1n) is 5.78.